The van der Waals surface area contributed by atoms with E-state index >= 15 is 0 Å². The number of aromatic nitrogens is 2. The molecule has 6 rings (SSSR count). The molecule has 2 aromatic heterocycles. The molecule has 3 heterocycles. The van der Waals surface area contributed by atoms with Crippen LogP contribution in [0.25, 0.3) is 32.2 Å². The van der Waals surface area contributed by atoms with Gasteiger partial charge in [-0.05, 0) is 115 Å². The van der Waals surface area contributed by atoms with Crippen molar-refractivity contribution in [1.29, 1.82) is 10.5 Å². The molecular weight excluding hydrogens is 905 g/mol. The van der Waals surface area contributed by atoms with Crippen molar-refractivity contribution in [2.24, 2.45) is 0 Å². The molecule has 5 aromatic rings. The van der Waals surface area contributed by atoms with Crippen molar-refractivity contribution in [3.05, 3.63) is 166 Å². The Balaban J connectivity index is 0.000000430. The van der Waals surface area contributed by atoms with Crippen molar-refractivity contribution in [3.63, 3.8) is 0 Å². The number of aryl methyl sites for hydroxylation is 2. The van der Waals surface area contributed by atoms with E-state index in [0.29, 0.717) is 45.0 Å². The number of rotatable bonds is 8. The van der Waals surface area contributed by atoms with Gasteiger partial charge < -0.3 is 19.8 Å². The first-order valence-electron chi connectivity index (χ1n) is 19.3. The van der Waals surface area contributed by atoms with Crippen LogP contribution in [-0.2, 0) is 43.8 Å². The Morgan fingerprint density at radius 2 is 1.34 bits per heavy atom. The molecule has 0 aliphatic carbocycles. The van der Waals surface area contributed by atoms with Gasteiger partial charge in [0.15, 0.2) is 5.69 Å². The molecule has 0 bridgehead atoms. The molecule has 0 spiro atoms. The maximum absolute atomic E-state index is 9.76. The Morgan fingerprint density at radius 3 is 1.81 bits per heavy atom. The maximum atomic E-state index is 9.76. The Morgan fingerprint density at radius 1 is 0.746 bits per heavy atom. The summed E-state index contributed by atoms with van der Waals surface area (Å²) in [5.74, 6) is 0. The zero-order chi connectivity index (χ0) is 42.2. The minimum atomic E-state index is -0.115. The largest absolute Gasteiger partial charge is 0.508 e. The fraction of sp³-hybridized carbons (Fsp3) is 0.300. The van der Waals surface area contributed by atoms with Crippen LogP contribution in [0, 0.1) is 60.7 Å². The fourth-order valence-electron chi connectivity index (χ4n) is 6.41. The van der Waals surface area contributed by atoms with Gasteiger partial charge in [-0.25, -0.2) is 15.4 Å². The minimum Gasteiger partial charge on any atom is -0.508 e. The van der Waals surface area contributed by atoms with Crippen LogP contribution in [0.15, 0.2) is 84.2 Å². The van der Waals surface area contributed by atoms with Crippen LogP contribution in [0.1, 0.15) is 102 Å². The first-order valence-corrected chi connectivity index (χ1v) is 19.3. The minimum absolute atomic E-state index is 0. The molecule has 0 amide bonds. The summed E-state index contributed by atoms with van der Waals surface area (Å²) in [6.07, 6.45) is 3.30. The number of nitriles is 2. The molecule has 0 fully saturated rings. The molecule has 1 aliphatic rings. The van der Waals surface area contributed by atoms with E-state index < -0.39 is 0 Å². The Hall–Kier alpha value is -6.09. The van der Waals surface area contributed by atoms with E-state index in [1.807, 2.05) is 30.3 Å². The zero-order valence-corrected chi connectivity index (χ0v) is 37.6. The quantitative estimate of drug-likeness (QED) is 0.114. The van der Waals surface area contributed by atoms with Gasteiger partial charge in [0.25, 0.3) is 0 Å². The van der Waals surface area contributed by atoms with E-state index in [1.54, 1.807) is 24.3 Å². The second-order valence-corrected chi connectivity index (χ2v) is 16.4. The topological polar surface area (TPSA) is 88.6 Å². The maximum Gasteiger partial charge on any atom is 0.236 e. The average Bonchev–Trinajstić information content (AvgIpc) is 3.48. The summed E-state index contributed by atoms with van der Waals surface area (Å²) in [4.78, 5) is 21.2. The van der Waals surface area contributed by atoms with Crippen LogP contribution < -0.4 is 4.90 Å². The molecule has 9 heteroatoms. The summed E-state index contributed by atoms with van der Waals surface area (Å²) in [6.45, 7) is 34.2. The van der Waals surface area contributed by atoms with Gasteiger partial charge in [-0.2, -0.15) is 41.8 Å². The summed E-state index contributed by atoms with van der Waals surface area (Å²) in [5.41, 5.74) is 11.7. The molecule has 3 aromatic carbocycles. The number of nitrogens with zero attached hydrogens (tertiary/aromatic N) is 8. The second-order valence-electron chi connectivity index (χ2n) is 16.4. The molecule has 0 saturated heterocycles. The Labute approximate surface area is 364 Å². The van der Waals surface area contributed by atoms with E-state index in [4.69, 9.17) is 23.1 Å². The van der Waals surface area contributed by atoms with Gasteiger partial charge in [-0.3, -0.25) is 0 Å². The van der Waals surface area contributed by atoms with E-state index in [1.165, 1.54) is 11.4 Å². The van der Waals surface area contributed by atoms with E-state index in [2.05, 4.69) is 137 Å². The van der Waals surface area contributed by atoms with Crippen molar-refractivity contribution < 1.29 is 20.1 Å². The fourth-order valence-corrected chi connectivity index (χ4v) is 6.41. The van der Waals surface area contributed by atoms with Crippen LogP contribution in [0.4, 0.5) is 17.1 Å². The number of unbranched alkanes of at least 4 members (excludes halogenated alkanes) is 1. The SMILES string of the molecule is CC1=C(C)N(c2[c-]cccc2)[CH-]N1C.[C-]#[N+]c1c[c-]c(-c2cc(C(C)(C)C)cc(CCCCc3cc(C(C)(C)C)cc(-c4[c-]cc(C#N)cc4[N+]#[C-])n3)n2)c(C#N)c1.[Ir]. The molecule has 301 valence electrons. The predicted molar refractivity (Wildman–Crippen MR) is 231 cm³/mol. The molecule has 0 unspecified atom stereocenters. The summed E-state index contributed by atoms with van der Waals surface area (Å²) in [6, 6.07) is 36.5. The number of anilines is 1. The number of hydrogen-bond acceptors (Lipinski definition) is 6. The summed E-state index contributed by atoms with van der Waals surface area (Å²) >= 11 is 0. The molecule has 0 N–H and O–H groups in total. The zero-order valence-electron chi connectivity index (χ0n) is 35.2. The van der Waals surface area contributed by atoms with Gasteiger partial charge in [-0.1, -0.05) is 71.4 Å². The summed E-state index contributed by atoms with van der Waals surface area (Å²) < 4.78 is 0. The van der Waals surface area contributed by atoms with Gasteiger partial charge in [-0.15, -0.1) is 29.4 Å². The Kier molecular flexibility index (Phi) is 15.1. The van der Waals surface area contributed by atoms with Gasteiger partial charge in [0.05, 0.1) is 6.57 Å². The summed E-state index contributed by atoms with van der Waals surface area (Å²) in [7, 11) is 2.06. The number of para-hydroxylation sites is 1. The number of benzene rings is 3. The standard InChI is InChI=1S/C38H34N6.C12H14N2.Ir/c1-37(2,3)27-19-30(43-35(21-27)32-16-14-29(41-7)18-26(32)24-40)11-9-10-12-31-20-28(38(4,5)6)22-36(44-31)33-15-13-25(23-39)17-34(33)42-8;1-10-11(2)14(9-13(10)3)12-7-5-4-6-8-12;/h13-14,17-22H,9-12H2,1-6H3;4-7,9H,1-3H3;/q2*-2;. The van der Waals surface area contributed by atoms with Crippen LogP contribution in [-0.4, -0.2) is 21.9 Å². The predicted octanol–water partition coefficient (Wildman–Crippen LogP) is 12.0. The molecular formula is C50H48IrN8-4. The number of pyridine rings is 2. The van der Waals surface area contributed by atoms with Crippen LogP contribution in [0.3, 0.4) is 0 Å². The normalized spacial score (nSPS) is 12.4. The second kappa shape index (κ2) is 19.6. The van der Waals surface area contributed by atoms with Crippen molar-refractivity contribution >= 4 is 17.1 Å². The van der Waals surface area contributed by atoms with Gasteiger partial charge in [0, 0.05) is 49.3 Å². The van der Waals surface area contributed by atoms with Gasteiger partial charge in [0.1, 0.15) is 6.57 Å². The Bertz CT molecular complexity index is 2360. The van der Waals surface area contributed by atoms with Crippen LogP contribution in [0.5, 0.6) is 0 Å². The number of hydrogen-bond donors (Lipinski definition) is 0. The smallest absolute Gasteiger partial charge is 0.236 e. The summed E-state index contributed by atoms with van der Waals surface area (Å²) in [5, 5.41) is 19.0. The molecule has 0 atom stereocenters. The van der Waals surface area contributed by atoms with Gasteiger partial charge >= 0.3 is 0 Å². The first-order chi connectivity index (χ1) is 27.6. The van der Waals surface area contributed by atoms with Crippen molar-refractivity contribution in [2.75, 3.05) is 11.9 Å². The van der Waals surface area contributed by atoms with E-state index in [0.717, 1.165) is 53.9 Å². The third-order valence-electron chi connectivity index (χ3n) is 10.1. The third-order valence-corrected chi connectivity index (χ3v) is 10.1. The molecule has 8 nitrogen and oxygen atoms in total. The van der Waals surface area contributed by atoms with Gasteiger partial charge in [0.2, 0.25) is 5.69 Å². The molecule has 1 radical (unpaired) electrons. The van der Waals surface area contributed by atoms with Crippen LogP contribution >= 0.6 is 0 Å². The first kappa shape index (κ1) is 45.6. The molecule has 1 aliphatic heterocycles. The van der Waals surface area contributed by atoms with E-state index in [9.17, 15) is 10.5 Å². The molecule has 0 saturated carbocycles. The average molecular weight is 953 g/mol. The van der Waals surface area contributed by atoms with Crippen LogP contribution in [0.2, 0.25) is 0 Å². The third kappa shape index (κ3) is 11.3. The van der Waals surface area contributed by atoms with E-state index in [-0.39, 0.29) is 30.9 Å². The van der Waals surface area contributed by atoms with Crippen molar-refractivity contribution in [1.82, 2.24) is 14.9 Å². The monoisotopic (exact) mass is 953 g/mol. The molecule has 59 heavy (non-hydrogen) atoms. The number of allylic oxidation sites excluding steroid dienone is 2. The van der Waals surface area contributed by atoms with Crippen molar-refractivity contribution in [2.45, 2.75) is 91.9 Å². The van der Waals surface area contributed by atoms with Crippen molar-refractivity contribution in [3.8, 4) is 34.7 Å².